The van der Waals surface area contributed by atoms with Gasteiger partial charge < -0.3 is 4.90 Å². The van der Waals surface area contributed by atoms with Crippen LogP contribution in [-0.4, -0.2) is 0 Å². The van der Waals surface area contributed by atoms with E-state index in [0.29, 0.717) is 0 Å². The topological polar surface area (TPSA) is 3.24 Å². The molecule has 1 heteroatoms. The van der Waals surface area contributed by atoms with Crippen LogP contribution in [0, 0.1) is 0 Å². The molecule has 0 amide bonds. The zero-order valence-electron chi connectivity index (χ0n) is 34.8. The van der Waals surface area contributed by atoms with Gasteiger partial charge in [-0.05, 0) is 125 Å². The van der Waals surface area contributed by atoms with E-state index in [-0.39, 0.29) is 0 Å². The van der Waals surface area contributed by atoms with Crippen molar-refractivity contribution in [2.75, 3.05) is 4.90 Å². The van der Waals surface area contributed by atoms with Gasteiger partial charge in [0.15, 0.2) is 0 Å². The highest BCUT2D eigenvalue weighted by atomic mass is 15.1. The van der Waals surface area contributed by atoms with Gasteiger partial charge in [0, 0.05) is 16.9 Å². The zero-order chi connectivity index (χ0) is 42.0. The molecule has 0 bridgehead atoms. The van der Waals surface area contributed by atoms with Crippen LogP contribution >= 0.6 is 0 Å². The molecule has 11 aromatic rings. The van der Waals surface area contributed by atoms with Crippen molar-refractivity contribution in [3.8, 4) is 66.8 Å². The number of para-hydroxylation sites is 1. The smallest absolute Gasteiger partial charge is 0.0540 e. The molecule has 0 saturated carbocycles. The van der Waals surface area contributed by atoms with Crippen LogP contribution in [0.1, 0.15) is 0 Å². The number of rotatable bonds is 9. The molecular formula is C62H43N. The van der Waals surface area contributed by atoms with Gasteiger partial charge in [-0.2, -0.15) is 0 Å². The standard InChI is InChI=1S/C62H43N/c1-3-16-44(17-4-1)52-36-41-59(61(43-52)48-19-5-2-6-20-48)57-25-11-12-26-58(57)60-27-13-14-29-62(60)63(53-37-32-46(33-38-53)51-31-30-45-18-7-8-22-50(45)42-51)54-39-34-49(35-40-54)56-28-15-23-47-21-9-10-24-55(47)56/h1-43H. The number of nitrogens with zero attached hydrogens (tertiary/aromatic N) is 1. The molecule has 296 valence electrons. The average Bonchev–Trinajstić information content (AvgIpc) is 3.37. The Kier molecular flexibility index (Phi) is 9.97. The second kappa shape index (κ2) is 16.7. The molecule has 0 atom stereocenters. The molecule has 0 unspecified atom stereocenters. The van der Waals surface area contributed by atoms with Crippen molar-refractivity contribution in [3.05, 3.63) is 261 Å². The number of fused-ring (bicyclic) bond motifs is 2. The fourth-order valence-corrected chi connectivity index (χ4v) is 9.16. The maximum atomic E-state index is 2.42. The molecule has 0 heterocycles. The molecule has 0 aliphatic rings. The van der Waals surface area contributed by atoms with Gasteiger partial charge in [-0.25, -0.2) is 0 Å². The lowest BCUT2D eigenvalue weighted by Crippen LogP contribution is -2.11. The SMILES string of the molecule is c1ccc(-c2ccc(-c3ccccc3-c3ccccc3N(c3ccc(-c4ccc5ccccc5c4)cc3)c3ccc(-c4cccc5ccccc45)cc3)c(-c3ccccc3)c2)cc1. The summed E-state index contributed by atoms with van der Waals surface area (Å²) in [6.45, 7) is 0. The van der Waals surface area contributed by atoms with Gasteiger partial charge in [0.1, 0.15) is 0 Å². The summed E-state index contributed by atoms with van der Waals surface area (Å²) < 4.78 is 0. The maximum absolute atomic E-state index is 2.42. The molecule has 63 heavy (non-hydrogen) atoms. The predicted octanol–water partition coefficient (Wildman–Crippen LogP) is 17.5. The van der Waals surface area contributed by atoms with Crippen LogP contribution in [0.2, 0.25) is 0 Å². The van der Waals surface area contributed by atoms with E-state index in [2.05, 4.69) is 266 Å². The van der Waals surface area contributed by atoms with E-state index in [0.717, 1.165) is 22.6 Å². The Labute approximate surface area is 369 Å². The average molecular weight is 802 g/mol. The minimum atomic E-state index is 1.08. The van der Waals surface area contributed by atoms with E-state index in [1.165, 1.54) is 82.7 Å². The molecule has 0 aromatic heterocycles. The van der Waals surface area contributed by atoms with Gasteiger partial charge in [-0.15, -0.1) is 0 Å². The highest BCUT2D eigenvalue weighted by Crippen LogP contribution is 2.46. The first-order valence-corrected chi connectivity index (χ1v) is 21.7. The Hall–Kier alpha value is -8.26. The highest BCUT2D eigenvalue weighted by molar-refractivity contribution is 6.00. The van der Waals surface area contributed by atoms with Crippen LogP contribution < -0.4 is 4.90 Å². The third-order valence-corrected chi connectivity index (χ3v) is 12.3. The first kappa shape index (κ1) is 37.7. The third kappa shape index (κ3) is 7.37. The number of hydrogen-bond donors (Lipinski definition) is 0. The molecular weight excluding hydrogens is 759 g/mol. The van der Waals surface area contributed by atoms with Crippen molar-refractivity contribution in [1.82, 2.24) is 0 Å². The minimum Gasteiger partial charge on any atom is -0.310 e. The summed E-state index contributed by atoms with van der Waals surface area (Å²) in [4.78, 5) is 2.42. The van der Waals surface area contributed by atoms with Crippen LogP contribution in [-0.2, 0) is 0 Å². The zero-order valence-corrected chi connectivity index (χ0v) is 34.8. The number of anilines is 3. The van der Waals surface area contributed by atoms with Crippen LogP contribution in [0.15, 0.2) is 261 Å². The van der Waals surface area contributed by atoms with Crippen LogP contribution in [0.5, 0.6) is 0 Å². The van der Waals surface area contributed by atoms with E-state index in [1.807, 2.05) is 0 Å². The predicted molar refractivity (Wildman–Crippen MR) is 269 cm³/mol. The quantitative estimate of drug-likeness (QED) is 0.141. The van der Waals surface area contributed by atoms with Crippen LogP contribution in [0.3, 0.4) is 0 Å². The summed E-state index contributed by atoms with van der Waals surface area (Å²) >= 11 is 0. The van der Waals surface area contributed by atoms with Gasteiger partial charge in [-0.3, -0.25) is 0 Å². The molecule has 0 spiro atoms. The number of benzene rings is 11. The lowest BCUT2D eigenvalue weighted by atomic mass is 9.87. The molecule has 0 radical (unpaired) electrons. The largest absolute Gasteiger partial charge is 0.310 e. The summed E-state index contributed by atoms with van der Waals surface area (Å²) in [5.74, 6) is 0. The molecule has 1 nitrogen and oxygen atoms in total. The molecule has 0 N–H and O–H groups in total. The lowest BCUT2D eigenvalue weighted by Gasteiger charge is -2.29. The summed E-state index contributed by atoms with van der Waals surface area (Å²) in [7, 11) is 0. The first-order chi connectivity index (χ1) is 31.2. The molecule has 11 aromatic carbocycles. The Balaban J connectivity index is 1.06. The van der Waals surface area contributed by atoms with Crippen LogP contribution in [0.4, 0.5) is 17.1 Å². The second-order valence-electron chi connectivity index (χ2n) is 16.1. The van der Waals surface area contributed by atoms with E-state index in [4.69, 9.17) is 0 Å². The molecule has 0 aliphatic heterocycles. The molecule has 0 saturated heterocycles. The molecule has 0 aliphatic carbocycles. The van der Waals surface area contributed by atoms with Crippen molar-refractivity contribution in [3.63, 3.8) is 0 Å². The van der Waals surface area contributed by atoms with Gasteiger partial charge in [-0.1, -0.05) is 218 Å². The third-order valence-electron chi connectivity index (χ3n) is 12.3. The summed E-state index contributed by atoms with van der Waals surface area (Å²) in [5, 5.41) is 4.98. The normalized spacial score (nSPS) is 11.2. The fraction of sp³-hybridized carbons (Fsp3) is 0. The molecule has 11 rings (SSSR count). The Morgan fingerprint density at radius 1 is 0.206 bits per heavy atom. The maximum Gasteiger partial charge on any atom is 0.0540 e. The monoisotopic (exact) mass is 801 g/mol. The number of hydrogen-bond acceptors (Lipinski definition) is 1. The molecule has 0 fully saturated rings. The van der Waals surface area contributed by atoms with Crippen molar-refractivity contribution in [2.45, 2.75) is 0 Å². The van der Waals surface area contributed by atoms with Crippen molar-refractivity contribution < 1.29 is 0 Å². The summed E-state index contributed by atoms with van der Waals surface area (Å²) in [5.41, 5.74) is 17.5. The van der Waals surface area contributed by atoms with Gasteiger partial charge in [0.05, 0.1) is 5.69 Å². The van der Waals surface area contributed by atoms with Crippen molar-refractivity contribution in [1.29, 1.82) is 0 Å². The van der Waals surface area contributed by atoms with Crippen molar-refractivity contribution in [2.24, 2.45) is 0 Å². The Morgan fingerprint density at radius 3 is 1.38 bits per heavy atom. The second-order valence-corrected chi connectivity index (χ2v) is 16.1. The van der Waals surface area contributed by atoms with Gasteiger partial charge in [0.2, 0.25) is 0 Å². The summed E-state index contributed by atoms with van der Waals surface area (Å²) in [6, 6.07) is 94.7. The van der Waals surface area contributed by atoms with Crippen molar-refractivity contribution >= 4 is 38.6 Å². The highest BCUT2D eigenvalue weighted by Gasteiger charge is 2.21. The van der Waals surface area contributed by atoms with E-state index < -0.39 is 0 Å². The first-order valence-electron chi connectivity index (χ1n) is 21.7. The van der Waals surface area contributed by atoms with Gasteiger partial charge >= 0.3 is 0 Å². The minimum absolute atomic E-state index is 1.08. The Morgan fingerprint density at radius 2 is 0.651 bits per heavy atom. The van der Waals surface area contributed by atoms with E-state index in [1.54, 1.807) is 0 Å². The van der Waals surface area contributed by atoms with Crippen LogP contribution in [0.25, 0.3) is 88.3 Å². The van der Waals surface area contributed by atoms with E-state index in [9.17, 15) is 0 Å². The Bertz CT molecular complexity index is 3360. The van der Waals surface area contributed by atoms with Gasteiger partial charge in [0.25, 0.3) is 0 Å². The summed E-state index contributed by atoms with van der Waals surface area (Å²) in [6.07, 6.45) is 0. The lowest BCUT2D eigenvalue weighted by molar-refractivity contribution is 1.28. The van der Waals surface area contributed by atoms with E-state index >= 15 is 0 Å². The fourth-order valence-electron chi connectivity index (χ4n) is 9.16.